The first-order valence-corrected chi connectivity index (χ1v) is 11.5. The Morgan fingerprint density at radius 2 is 2.00 bits per heavy atom. The van der Waals surface area contributed by atoms with E-state index in [-0.39, 0.29) is 5.91 Å². The third kappa shape index (κ3) is 4.84. The van der Waals surface area contributed by atoms with E-state index >= 15 is 0 Å². The molecule has 0 aliphatic rings. The van der Waals surface area contributed by atoms with Crippen LogP contribution in [0.25, 0.3) is 10.2 Å². The van der Waals surface area contributed by atoms with Crippen molar-refractivity contribution in [1.29, 1.82) is 0 Å². The van der Waals surface area contributed by atoms with Crippen LogP contribution in [0.3, 0.4) is 0 Å². The standard InChI is InChI=1S/C19H19BrClN3OS2/c1-23(2)8-9-24(18(25)14-10-12(20)4-6-15(14)21)19-22-16-7-5-13(26-3)11-17(16)27-19/h4-7,10-11H,8-9H2,1-3H3. The van der Waals surface area contributed by atoms with Gasteiger partial charge in [-0.15, -0.1) is 11.8 Å². The van der Waals surface area contributed by atoms with Gasteiger partial charge in [0.2, 0.25) is 0 Å². The first-order valence-electron chi connectivity index (χ1n) is 8.25. The number of hydrogen-bond donors (Lipinski definition) is 0. The molecule has 0 saturated carbocycles. The first kappa shape index (κ1) is 20.6. The van der Waals surface area contributed by atoms with Crippen LogP contribution in [0.15, 0.2) is 45.8 Å². The Morgan fingerprint density at radius 3 is 2.70 bits per heavy atom. The van der Waals surface area contributed by atoms with Crippen molar-refractivity contribution in [3.8, 4) is 0 Å². The van der Waals surface area contributed by atoms with Gasteiger partial charge in [-0.05, 0) is 56.7 Å². The number of anilines is 1. The smallest absolute Gasteiger partial charge is 0.261 e. The number of thioether (sulfide) groups is 1. The molecule has 0 bridgehead atoms. The number of rotatable bonds is 6. The highest BCUT2D eigenvalue weighted by Gasteiger charge is 2.23. The van der Waals surface area contributed by atoms with E-state index in [2.05, 4.69) is 22.0 Å². The minimum absolute atomic E-state index is 0.146. The quantitative estimate of drug-likeness (QED) is 0.424. The van der Waals surface area contributed by atoms with Crippen LogP contribution in [0.4, 0.5) is 5.13 Å². The summed E-state index contributed by atoms with van der Waals surface area (Å²) in [7, 11) is 3.97. The van der Waals surface area contributed by atoms with Gasteiger partial charge in [0.25, 0.3) is 5.91 Å². The minimum Gasteiger partial charge on any atom is -0.308 e. The van der Waals surface area contributed by atoms with Crippen LogP contribution in [0.5, 0.6) is 0 Å². The summed E-state index contributed by atoms with van der Waals surface area (Å²) in [6, 6.07) is 11.5. The second kappa shape index (κ2) is 8.92. The molecule has 3 rings (SSSR count). The molecule has 0 aliphatic heterocycles. The largest absolute Gasteiger partial charge is 0.308 e. The second-order valence-electron chi connectivity index (χ2n) is 6.21. The number of carbonyl (C=O) groups excluding carboxylic acids is 1. The third-order valence-electron chi connectivity index (χ3n) is 3.99. The summed E-state index contributed by atoms with van der Waals surface area (Å²) in [5, 5.41) is 1.12. The normalized spacial score (nSPS) is 11.3. The average Bonchev–Trinajstić information content (AvgIpc) is 3.06. The van der Waals surface area contributed by atoms with Crippen LogP contribution in [0, 0.1) is 0 Å². The predicted molar refractivity (Wildman–Crippen MR) is 121 cm³/mol. The first-order chi connectivity index (χ1) is 12.9. The van der Waals surface area contributed by atoms with Crippen LogP contribution in [0.1, 0.15) is 10.4 Å². The molecule has 27 heavy (non-hydrogen) atoms. The summed E-state index contributed by atoms with van der Waals surface area (Å²) in [5.41, 5.74) is 1.37. The topological polar surface area (TPSA) is 36.4 Å². The Labute approximate surface area is 180 Å². The number of fused-ring (bicyclic) bond motifs is 1. The number of likely N-dealkylation sites (N-methyl/N-ethyl adjacent to an activating group) is 1. The van der Waals surface area contributed by atoms with Crippen molar-refractivity contribution in [2.75, 3.05) is 38.3 Å². The van der Waals surface area contributed by atoms with Crippen molar-refractivity contribution in [3.05, 3.63) is 51.5 Å². The number of halogens is 2. The van der Waals surface area contributed by atoms with Crippen LogP contribution in [0.2, 0.25) is 5.02 Å². The lowest BCUT2D eigenvalue weighted by molar-refractivity contribution is 0.0985. The highest BCUT2D eigenvalue weighted by molar-refractivity contribution is 9.10. The Balaban J connectivity index is 2.02. The molecule has 0 saturated heterocycles. The molecule has 4 nitrogen and oxygen atoms in total. The van der Waals surface area contributed by atoms with E-state index < -0.39 is 0 Å². The number of thiazole rings is 1. The summed E-state index contributed by atoms with van der Waals surface area (Å²) in [6.07, 6.45) is 2.05. The van der Waals surface area contributed by atoms with Gasteiger partial charge in [0.05, 0.1) is 20.8 Å². The molecule has 0 atom stereocenters. The van der Waals surface area contributed by atoms with Crippen molar-refractivity contribution in [1.82, 2.24) is 9.88 Å². The van der Waals surface area contributed by atoms with E-state index in [0.29, 0.717) is 22.3 Å². The number of benzene rings is 2. The fraction of sp³-hybridized carbons (Fsp3) is 0.263. The van der Waals surface area contributed by atoms with Crippen molar-refractivity contribution in [3.63, 3.8) is 0 Å². The Bertz CT molecular complexity index is 977. The van der Waals surface area contributed by atoms with Gasteiger partial charge in [0.15, 0.2) is 5.13 Å². The zero-order valence-corrected chi connectivity index (χ0v) is 19.2. The highest BCUT2D eigenvalue weighted by atomic mass is 79.9. The number of aromatic nitrogens is 1. The molecule has 0 aliphatic carbocycles. The summed E-state index contributed by atoms with van der Waals surface area (Å²) < 4.78 is 1.89. The summed E-state index contributed by atoms with van der Waals surface area (Å²) in [6.45, 7) is 1.26. The summed E-state index contributed by atoms with van der Waals surface area (Å²) >= 11 is 12.9. The number of amides is 1. The minimum atomic E-state index is -0.146. The van der Waals surface area contributed by atoms with E-state index in [1.165, 1.54) is 16.2 Å². The Kier molecular flexibility index (Phi) is 6.81. The third-order valence-corrected chi connectivity index (χ3v) is 6.58. The van der Waals surface area contributed by atoms with E-state index in [1.54, 1.807) is 28.8 Å². The van der Waals surface area contributed by atoms with E-state index in [9.17, 15) is 4.79 Å². The monoisotopic (exact) mass is 483 g/mol. The maximum atomic E-state index is 13.3. The van der Waals surface area contributed by atoms with Gasteiger partial charge in [0.1, 0.15) is 0 Å². The lowest BCUT2D eigenvalue weighted by Crippen LogP contribution is -2.36. The molecule has 2 aromatic carbocycles. The Morgan fingerprint density at radius 1 is 1.22 bits per heavy atom. The molecule has 0 N–H and O–H groups in total. The Hall–Kier alpha value is -1.12. The maximum absolute atomic E-state index is 13.3. The molecule has 0 radical (unpaired) electrons. The van der Waals surface area contributed by atoms with Crippen molar-refractivity contribution < 1.29 is 4.79 Å². The van der Waals surface area contributed by atoms with Crippen molar-refractivity contribution in [2.45, 2.75) is 4.90 Å². The summed E-state index contributed by atoms with van der Waals surface area (Å²) in [5.74, 6) is -0.146. The number of carbonyl (C=O) groups is 1. The molecule has 0 fully saturated rings. The second-order valence-corrected chi connectivity index (χ2v) is 9.43. The fourth-order valence-corrected chi connectivity index (χ4v) is 4.63. The van der Waals surface area contributed by atoms with Gasteiger partial charge in [-0.2, -0.15) is 0 Å². The van der Waals surface area contributed by atoms with Crippen LogP contribution in [-0.2, 0) is 0 Å². The molecular formula is C19H19BrClN3OS2. The van der Waals surface area contributed by atoms with Gasteiger partial charge < -0.3 is 4.90 Å². The van der Waals surface area contributed by atoms with E-state index in [4.69, 9.17) is 16.6 Å². The van der Waals surface area contributed by atoms with Gasteiger partial charge in [-0.25, -0.2) is 4.98 Å². The zero-order chi connectivity index (χ0) is 19.6. The van der Waals surface area contributed by atoms with Crippen molar-refractivity contribution >= 4 is 71.9 Å². The molecule has 8 heteroatoms. The van der Waals surface area contributed by atoms with E-state index in [0.717, 1.165) is 21.2 Å². The number of nitrogens with zero attached hydrogens (tertiary/aromatic N) is 3. The lowest BCUT2D eigenvalue weighted by atomic mass is 10.2. The molecule has 1 aromatic heterocycles. The van der Waals surface area contributed by atoms with Gasteiger partial charge >= 0.3 is 0 Å². The van der Waals surface area contributed by atoms with Gasteiger partial charge in [0, 0.05) is 22.5 Å². The molecule has 3 aromatic rings. The molecule has 1 amide bonds. The lowest BCUT2D eigenvalue weighted by Gasteiger charge is -2.22. The van der Waals surface area contributed by atoms with Crippen molar-refractivity contribution in [2.24, 2.45) is 0 Å². The van der Waals surface area contributed by atoms with Crippen LogP contribution >= 0.6 is 50.6 Å². The highest BCUT2D eigenvalue weighted by Crippen LogP contribution is 2.33. The van der Waals surface area contributed by atoms with Crippen LogP contribution in [-0.4, -0.2) is 49.2 Å². The SMILES string of the molecule is CSc1ccc2nc(N(CCN(C)C)C(=O)c3cc(Br)ccc3Cl)sc2c1. The zero-order valence-electron chi connectivity index (χ0n) is 15.2. The van der Waals surface area contributed by atoms with Crippen LogP contribution < -0.4 is 4.90 Å². The average molecular weight is 485 g/mol. The molecule has 0 unspecified atom stereocenters. The molecule has 1 heterocycles. The molecule has 0 spiro atoms. The fourth-order valence-electron chi connectivity index (χ4n) is 2.53. The molecular weight excluding hydrogens is 466 g/mol. The molecule has 142 valence electrons. The van der Waals surface area contributed by atoms with E-state index in [1.807, 2.05) is 43.5 Å². The predicted octanol–water partition coefficient (Wildman–Crippen LogP) is 5.64. The summed E-state index contributed by atoms with van der Waals surface area (Å²) in [4.78, 5) is 22.9. The van der Waals surface area contributed by atoms with Gasteiger partial charge in [-0.3, -0.25) is 9.69 Å². The van der Waals surface area contributed by atoms with Gasteiger partial charge in [-0.1, -0.05) is 38.9 Å². The number of hydrogen-bond acceptors (Lipinski definition) is 5. The maximum Gasteiger partial charge on any atom is 0.261 e.